The van der Waals surface area contributed by atoms with Crippen LogP contribution in [0.15, 0.2) is 48.7 Å². The van der Waals surface area contributed by atoms with Gasteiger partial charge in [-0.3, -0.25) is 0 Å². The van der Waals surface area contributed by atoms with Gasteiger partial charge in [-0.2, -0.15) is 10.1 Å². The minimum Gasteiger partial charge on any atom is -0.349 e. The second-order valence-corrected chi connectivity index (χ2v) is 5.19. The molecule has 0 aliphatic heterocycles. The van der Waals surface area contributed by atoms with Gasteiger partial charge in [0.1, 0.15) is 11.6 Å². The molecule has 24 heavy (non-hydrogen) atoms. The van der Waals surface area contributed by atoms with Gasteiger partial charge in [-0.05, 0) is 30.2 Å². The van der Waals surface area contributed by atoms with Crippen molar-refractivity contribution in [1.82, 2.24) is 15.2 Å². The van der Waals surface area contributed by atoms with E-state index in [9.17, 15) is 8.78 Å². The van der Waals surface area contributed by atoms with Crippen molar-refractivity contribution >= 4 is 17.5 Å². The van der Waals surface area contributed by atoms with Gasteiger partial charge >= 0.3 is 0 Å². The molecule has 0 fully saturated rings. The number of nitrogens with one attached hydrogen (secondary N) is 2. The molecule has 0 amide bonds. The summed E-state index contributed by atoms with van der Waals surface area (Å²) < 4.78 is 26.6. The van der Waals surface area contributed by atoms with E-state index in [1.54, 1.807) is 0 Å². The molecule has 3 rings (SSSR count). The van der Waals surface area contributed by atoms with E-state index in [2.05, 4.69) is 25.8 Å². The Balaban J connectivity index is 1.71. The highest BCUT2D eigenvalue weighted by atomic mass is 19.1. The molecule has 0 spiro atoms. The Morgan fingerprint density at radius 2 is 1.92 bits per heavy atom. The molecule has 0 bridgehead atoms. The van der Waals surface area contributed by atoms with Crippen LogP contribution in [-0.2, 0) is 6.54 Å². The van der Waals surface area contributed by atoms with Crippen molar-refractivity contribution in [2.24, 2.45) is 0 Å². The molecule has 0 aliphatic carbocycles. The summed E-state index contributed by atoms with van der Waals surface area (Å²) >= 11 is 0. The molecule has 0 unspecified atom stereocenters. The zero-order chi connectivity index (χ0) is 16.9. The number of halogens is 2. The van der Waals surface area contributed by atoms with E-state index in [0.29, 0.717) is 18.3 Å². The predicted octanol–water partition coefficient (Wildman–Crippen LogP) is 3.81. The number of aromatic nitrogens is 3. The van der Waals surface area contributed by atoms with Crippen LogP contribution in [0.5, 0.6) is 0 Å². The molecule has 1 heterocycles. The summed E-state index contributed by atoms with van der Waals surface area (Å²) in [7, 11) is 0. The first-order valence-electron chi connectivity index (χ1n) is 7.32. The molecule has 5 nitrogen and oxygen atoms in total. The molecule has 7 heteroatoms. The minimum absolute atomic E-state index is 0.113. The zero-order valence-corrected chi connectivity index (χ0v) is 12.9. The van der Waals surface area contributed by atoms with E-state index in [0.717, 1.165) is 23.3 Å². The molecule has 0 aliphatic rings. The van der Waals surface area contributed by atoms with E-state index in [4.69, 9.17) is 0 Å². The van der Waals surface area contributed by atoms with Crippen LogP contribution in [0.2, 0.25) is 0 Å². The predicted molar refractivity (Wildman–Crippen MR) is 88.0 cm³/mol. The van der Waals surface area contributed by atoms with Crippen molar-refractivity contribution in [3.63, 3.8) is 0 Å². The van der Waals surface area contributed by atoms with Crippen LogP contribution in [0, 0.1) is 18.6 Å². The van der Waals surface area contributed by atoms with Crippen LogP contribution in [0.4, 0.5) is 26.2 Å². The van der Waals surface area contributed by atoms with E-state index in [1.807, 2.05) is 31.2 Å². The summed E-state index contributed by atoms with van der Waals surface area (Å²) in [6, 6.07) is 11.2. The summed E-state index contributed by atoms with van der Waals surface area (Å²) in [6.07, 6.45) is 1.36. The number of anilines is 3. The fourth-order valence-corrected chi connectivity index (χ4v) is 2.15. The molecular weight excluding hydrogens is 312 g/mol. The first kappa shape index (κ1) is 15.8. The SMILES string of the molecule is Cc1ccccc1CNc1nncc(Nc2ccc(F)cc2F)n1. The smallest absolute Gasteiger partial charge is 0.244 e. The molecule has 0 atom stereocenters. The fourth-order valence-electron chi connectivity index (χ4n) is 2.15. The lowest BCUT2D eigenvalue weighted by Crippen LogP contribution is -2.07. The van der Waals surface area contributed by atoms with Gasteiger partial charge in [-0.25, -0.2) is 8.78 Å². The van der Waals surface area contributed by atoms with Gasteiger partial charge in [0, 0.05) is 12.6 Å². The molecule has 2 aromatic carbocycles. The summed E-state index contributed by atoms with van der Waals surface area (Å²) in [4.78, 5) is 4.22. The van der Waals surface area contributed by atoms with Gasteiger partial charge in [-0.15, -0.1) is 5.10 Å². The molecular formula is C17H15F2N5. The molecule has 1 aromatic heterocycles. The Morgan fingerprint density at radius 1 is 1.08 bits per heavy atom. The maximum absolute atomic E-state index is 13.7. The Hall–Kier alpha value is -3.09. The monoisotopic (exact) mass is 327 g/mol. The lowest BCUT2D eigenvalue weighted by atomic mass is 10.1. The molecule has 0 saturated carbocycles. The third kappa shape index (κ3) is 3.81. The number of aryl methyl sites for hydroxylation is 1. The quantitative estimate of drug-likeness (QED) is 0.746. The molecule has 0 saturated heterocycles. The van der Waals surface area contributed by atoms with Crippen molar-refractivity contribution in [2.45, 2.75) is 13.5 Å². The highest BCUT2D eigenvalue weighted by Crippen LogP contribution is 2.19. The van der Waals surface area contributed by atoms with E-state index >= 15 is 0 Å². The van der Waals surface area contributed by atoms with Crippen molar-refractivity contribution in [1.29, 1.82) is 0 Å². The summed E-state index contributed by atoms with van der Waals surface area (Å²) in [5.41, 5.74) is 2.38. The van der Waals surface area contributed by atoms with Gasteiger partial charge in [-0.1, -0.05) is 24.3 Å². The normalized spacial score (nSPS) is 10.5. The summed E-state index contributed by atoms with van der Waals surface area (Å²) in [6.45, 7) is 2.56. The summed E-state index contributed by atoms with van der Waals surface area (Å²) in [5.74, 6) is -0.726. The first-order valence-corrected chi connectivity index (χ1v) is 7.32. The second-order valence-electron chi connectivity index (χ2n) is 5.19. The average molecular weight is 327 g/mol. The number of hydrogen-bond acceptors (Lipinski definition) is 5. The first-order chi connectivity index (χ1) is 11.6. The largest absolute Gasteiger partial charge is 0.349 e. The van der Waals surface area contributed by atoms with Gasteiger partial charge < -0.3 is 10.6 Å². The van der Waals surface area contributed by atoms with Crippen LogP contribution in [0.3, 0.4) is 0 Å². The second kappa shape index (κ2) is 6.99. The fraction of sp³-hybridized carbons (Fsp3) is 0.118. The average Bonchev–Trinajstić information content (AvgIpc) is 2.57. The van der Waals surface area contributed by atoms with Crippen LogP contribution < -0.4 is 10.6 Å². The van der Waals surface area contributed by atoms with Crippen molar-refractivity contribution in [3.05, 3.63) is 71.4 Å². The van der Waals surface area contributed by atoms with E-state index in [1.165, 1.54) is 12.3 Å². The van der Waals surface area contributed by atoms with Crippen LogP contribution in [0.25, 0.3) is 0 Å². The highest BCUT2D eigenvalue weighted by Gasteiger charge is 2.07. The number of nitrogens with zero attached hydrogens (tertiary/aromatic N) is 3. The van der Waals surface area contributed by atoms with E-state index < -0.39 is 11.6 Å². The standard InChI is InChI=1S/C17H15F2N5/c1-11-4-2-3-5-12(11)9-20-17-23-16(10-21-24-17)22-15-7-6-13(18)8-14(15)19/h2-8,10H,9H2,1H3,(H2,20,22,23,24). The Kier molecular flexibility index (Phi) is 4.60. The highest BCUT2D eigenvalue weighted by molar-refractivity contribution is 5.56. The molecule has 0 radical (unpaired) electrons. The lowest BCUT2D eigenvalue weighted by molar-refractivity contribution is 0.586. The van der Waals surface area contributed by atoms with Gasteiger partial charge in [0.2, 0.25) is 5.95 Å². The molecule has 3 aromatic rings. The maximum atomic E-state index is 13.7. The van der Waals surface area contributed by atoms with Crippen molar-refractivity contribution in [2.75, 3.05) is 10.6 Å². The Bertz CT molecular complexity index is 854. The van der Waals surface area contributed by atoms with Crippen molar-refractivity contribution in [3.8, 4) is 0 Å². The maximum Gasteiger partial charge on any atom is 0.244 e. The van der Waals surface area contributed by atoms with Crippen LogP contribution in [-0.4, -0.2) is 15.2 Å². The third-order valence-electron chi connectivity index (χ3n) is 3.45. The number of hydrogen-bond donors (Lipinski definition) is 2. The minimum atomic E-state index is -0.706. The van der Waals surface area contributed by atoms with Gasteiger partial charge in [0.15, 0.2) is 5.82 Å². The summed E-state index contributed by atoms with van der Waals surface area (Å²) in [5, 5.41) is 13.6. The van der Waals surface area contributed by atoms with E-state index in [-0.39, 0.29) is 5.69 Å². The lowest BCUT2D eigenvalue weighted by Gasteiger charge is -2.09. The third-order valence-corrected chi connectivity index (χ3v) is 3.45. The van der Waals surface area contributed by atoms with Crippen LogP contribution in [0.1, 0.15) is 11.1 Å². The topological polar surface area (TPSA) is 62.7 Å². The van der Waals surface area contributed by atoms with Crippen LogP contribution >= 0.6 is 0 Å². The van der Waals surface area contributed by atoms with Gasteiger partial charge in [0.05, 0.1) is 11.9 Å². The molecule has 122 valence electrons. The molecule has 2 N–H and O–H groups in total. The zero-order valence-electron chi connectivity index (χ0n) is 12.9. The Morgan fingerprint density at radius 3 is 2.71 bits per heavy atom. The Labute approximate surface area is 137 Å². The number of rotatable bonds is 5. The van der Waals surface area contributed by atoms with Gasteiger partial charge in [0.25, 0.3) is 0 Å². The number of benzene rings is 2. The van der Waals surface area contributed by atoms with Crippen molar-refractivity contribution < 1.29 is 8.78 Å².